The maximum absolute atomic E-state index is 11.0. The summed E-state index contributed by atoms with van der Waals surface area (Å²) in [5.41, 5.74) is 6.18. The quantitative estimate of drug-likeness (QED) is 0.360. The first-order chi connectivity index (χ1) is 9.85. The fourth-order valence-electron chi connectivity index (χ4n) is 1.66. The van der Waals surface area contributed by atoms with E-state index < -0.39 is 17.9 Å². The molecule has 0 heterocycles. The molecular weight excluding hydrogens is 296 g/mol. The van der Waals surface area contributed by atoms with Crippen molar-refractivity contribution in [2.75, 3.05) is 12.3 Å². The Bertz CT molecular complexity index is 536. The summed E-state index contributed by atoms with van der Waals surface area (Å²) >= 11 is 1.03. The lowest BCUT2D eigenvalue weighted by Gasteiger charge is -2.14. The number of phenolic OH excluding ortho intramolecular Hbond substituents is 2. The third-order valence-electron chi connectivity index (χ3n) is 2.63. The number of rotatable bonds is 7. The normalized spacial score (nSPS) is 11.9. The van der Waals surface area contributed by atoms with Gasteiger partial charge in [-0.3, -0.25) is 4.79 Å². The number of hydrogen-bond acceptors (Lipinski definition) is 6. The van der Waals surface area contributed by atoms with E-state index in [1.54, 1.807) is 6.07 Å². The number of hydrogen-bond donors (Lipinski definition) is 5. The number of carboxylic acid groups (broad SMARTS) is 1. The Morgan fingerprint density at radius 3 is 2.57 bits per heavy atom. The van der Waals surface area contributed by atoms with Crippen LogP contribution in [0.2, 0.25) is 0 Å². The van der Waals surface area contributed by atoms with Crippen molar-refractivity contribution in [1.82, 2.24) is 5.32 Å². The number of nitrogens with two attached hydrogens (primary N) is 1. The molecule has 116 valence electrons. The van der Waals surface area contributed by atoms with Crippen molar-refractivity contribution in [2.24, 2.45) is 5.73 Å². The Hall–Kier alpha value is -1.93. The maximum Gasteiger partial charge on any atom is 0.327 e. The second kappa shape index (κ2) is 7.75. The zero-order valence-corrected chi connectivity index (χ0v) is 12.3. The third-order valence-corrected chi connectivity index (χ3v) is 3.75. The van der Waals surface area contributed by atoms with Crippen molar-refractivity contribution in [3.8, 4) is 11.5 Å². The van der Waals surface area contributed by atoms with Crippen LogP contribution in [0.5, 0.6) is 11.5 Å². The zero-order valence-electron chi connectivity index (χ0n) is 11.5. The number of nitrogens with one attached hydrogen (secondary N) is 1. The molecular formula is C13H18N2O5S. The van der Waals surface area contributed by atoms with Gasteiger partial charge in [0.05, 0.1) is 4.90 Å². The second-order valence-electron chi connectivity index (χ2n) is 4.40. The first kappa shape index (κ1) is 17.1. The van der Waals surface area contributed by atoms with Gasteiger partial charge in [0.1, 0.15) is 6.04 Å². The Morgan fingerprint density at radius 2 is 2.05 bits per heavy atom. The summed E-state index contributed by atoms with van der Waals surface area (Å²) in [5.74, 6) is -2.19. The first-order valence-electron chi connectivity index (χ1n) is 6.22. The molecule has 1 rings (SSSR count). The van der Waals surface area contributed by atoms with Gasteiger partial charge in [-0.15, -0.1) is 11.8 Å². The number of carbonyl (C=O) groups is 2. The van der Waals surface area contributed by atoms with Crippen LogP contribution in [0, 0.1) is 0 Å². The van der Waals surface area contributed by atoms with Crippen molar-refractivity contribution < 1.29 is 24.9 Å². The molecule has 0 aliphatic carbocycles. The molecule has 0 aliphatic heterocycles. The Morgan fingerprint density at radius 1 is 1.38 bits per heavy atom. The van der Waals surface area contributed by atoms with Crippen LogP contribution in [-0.4, -0.2) is 45.5 Å². The summed E-state index contributed by atoms with van der Waals surface area (Å²) in [7, 11) is 0. The number of carbonyl (C=O) groups excluding carboxylic acids is 1. The Kier molecular flexibility index (Phi) is 6.32. The predicted molar refractivity (Wildman–Crippen MR) is 78.5 cm³/mol. The van der Waals surface area contributed by atoms with E-state index in [2.05, 4.69) is 5.32 Å². The van der Waals surface area contributed by atoms with Gasteiger partial charge in [0.15, 0.2) is 11.5 Å². The number of thioether (sulfide) groups is 1. The van der Waals surface area contributed by atoms with Gasteiger partial charge in [-0.05, 0) is 30.7 Å². The zero-order chi connectivity index (χ0) is 16.0. The van der Waals surface area contributed by atoms with Gasteiger partial charge in [-0.25, -0.2) is 4.79 Å². The van der Waals surface area contributed by atoms with E-state index in [4.69, 9.17) is 10.8 Å². The van der Waals surface area contributed by atoms with Crippen LogP contribution < -0.4 is 11.1 Å². The molecule has 0 saturated heterocycles. The smallest absolute Gasteiger partial charge is 0.327 e. The molecule has 0 aliphatic rings. The SMILES string of the molecule is CC(=O)N[C@@H](CSc1cc(CCN)cc(O)c1O)C(=O)O. The lowest BCUT2D eigenvalue weighted by molar-refractivity contribution is -0.140. The van der Waals surface area contributed by atoms with Crippen LogP contribution in [0.25, 0.3) is 0 Å². The van der Waals surface area contributed by atoms with Gasteiger partial charge < -0.3 is 26.4 Å². The minimum absolute atomic E-state index is 0.0218. The van der Waals surface area contributed by atoms with Crippen LogP contribution in [0.4, 0.5) is 0 Å². The van der Waals surface area contributed by atoms with Crippen molar-refractivity contribution in [1.29, 1.82) is 0 Å². The van der Waals surface area contributed by atoms with Crippen LogP contribution >= 0.6 is 11.8 Å². The maximum atomic E-state index is 11.0. The molecule has 0 radical (unpaired) electrons. The van der Waals surface area contributed by atoms with Crippen molar-refractivity contribution in [2.45, 2.75) is 24.3 Å². The summed E-state index contributed by atoms with van der Waals surface area (Å²) in [5, 5.41) is 30.7. The number of aromatic hydroxyl groups is 2. The number of phenols is 2. The number of carboxylic acids is 1. The second-order valence-corrected chi connectivity index (χ2v) is 5.46. The molecule has 8 heteroatoms. The van der Waals surface area contributed by atoms with E-state index in [9.17, 15) is 19.8 Å². The summed E-state index contributed by atoms with van der Waals surface area (Å²) < 4.78 is 0. The Labute approximate surface area is 126 Å². The third kappa shape index (κ3) is 5.16. The monoisotopic (exact) mass is 314 g/mol. The van der Waals surface area contributed by atoms with Crippen molar-refractivity contribution in [3.63, 3.8) is 0 Å². The fraction of sp³-hybridized carbons (Fsp3) is 0.385. The molecule has 0 unspecified atom stereocenters. The number of benzene rings is 1. The highest BCUT2D eigenvalue weighted by Crippen LogP contribution is 2.37. The number of aliphatic carboxylic acids is 1. The van der Waals surface area contributed by atoms with Gasteiger partial charge in [0, 0.05) is 12.7 Å². The van der Waals surface area contributed by atoms with Crippen LogP contribution in [0.1, 0.15) is 12.5 Å². The molecule has 1 aromatic carbocycles. The predicted octanol–water partition coefficient (Wildman–Crippen LogP) is 0.280. The minimum Gasteiger partial charge on any atom is -0.504 e. The van der Waals surface area contributed by atoms with Crippen LogP contribution in [0.3, 0.4) is 0 Å². The van der Waals surface area contributed by atoms with Crippen molar-refractivity contribution >= 4 is 23.6 Å². The van der Waals surface area contributed by atoms with Crippen LogP contribution in [-0.2, 0) is 16.0 Å². The van der Waals surface area contributed by atoms with Gasteiger partial charge >= 0.3 is 5.97 Å². The molecule has 1 amide bonds. The van der Waals surface area contributed by atoms with E-state index in [0.717, 1.165) is 17.3 Å². The topological polar surface area (TPSA) is 133 Å². The molecule has 0 saturated carbocycles. The molecule has 1 aromatic rings. The lowest BCUT2D eigenvalue weighted by atomic mass is 10.1. The average molecular weight is 314 g/mol. The molecule has 0 fully saturated rings. The van der Waals surface area contributed by atoms with E-state index in [1.807, 2.05) is 0 Å². The van der Waals surface area contributed by atoms with E-state index >= 15 is 0 Å². The molecule has 0 aromatic heterocycles. The average Bonchev–Trinajstić information content (AvgIpc) is 2.39. The molecule has 6 N–H and O–H groups in total. The van der Waals surface area contributed by atoms with E-state index in [0.29, 0.717) is 17.9 Å². The minimum atomic E-state index is -1.17. The molecule has 0 spiro atoms. The fourth-order valence-corrected chi connectivity index (χ4v) is 2.71. The van der Waals surface area contributed by atoms with Gasteiger partial charge in [-0.2, -0.15) is 0 Å². The van der Waals surface area contributed by atoms with Crippen molar-refractivity contribution in [3.05, 3.63) is 17.7 Å². The summed E-state index contributed by atoms with van der Waals surface area (Å²) in [6, 6.07) is 1.97. The highest BCUT2D eigenvalue weighted by Gasteiger charge is 2.20. The largest absolute Gasteiger partial charge is 0.504 e. The summed E-state index contributed by atoms with van der Waals surface area (Å²) in [6.07, 6.45) is 0.523. The van der Waals surface area contributed by atoms with Gasteiger partial charge in [0.25, 0.3) is 0 Å². The molecule has 7 nitrogen and oxygen atoms in total. The van der Waals surface area contributed by atoms with E-state index in [1.165, 1.54) is 13.0 Å². The van der Waals surface area contributed by atoms with Gasteiger partial charge in [0.2, 0.25) is 5.91 Å². The summed E-state index contributed by atoms with van der Waals surface area (Å²) in [4.78, 5) is 22.3. The first-order valence-corrected chi connectivity index (χ1v) is 7.21. The Balaban J connectivity index is 2.85. The number of amides is 1. The van der Waals surface area contributed by atoms with Gasteiger partial charge in [-0.1, -0.05) is 0 Å². The standard InChI is InChI=1S/C13H18N2O5S/c1-7(16)15-9(13(19)20)6-21-11-5-8(2-3-14)4-10(17)12(11)18/h4-5,9,17-18H,2-3,6,14H2,1H3,(H,15,16)(H,19,20)/t9-/m0/s1. The van der Waals surface area contributed by atoms with E-state index in [-0.39, 0.29) is 17.3 Å². The molecule has 21 heavy (non-hydrogen) atoms. The highest BCUT2D eigenvalue weighted by atomic mass is 32.2. The van der Waals surface area contributed by atoms with Crippen LogP contribution in [0.15, 0.2) is 17.0 Å². The molecule has 1 atom stereocenters. The highest BCUT2D eigenvalue weighted by molar-refractivity contribution is 7.99. The lowest BCUT2D eigenvalue weighted by Crippen LogP contribution is -2.41. The summed E-state index contributed by atoms with van der Waals surface area (Å²) in [6.45, 7) is 1.61. The molecule has 0 bridgehead atoms.